The van der Waals surface area contributed by atoms with E-state index in [0.29, 0.717) is 23.7 Å². The largest absolute Gasteiger partial charge is 0.493 e. The summed E-state index contributed by atoms with van der Waals surface area (Å²) in [5, 5.41) is 0. The summed E-state index contributed by atoms with van der Waals surface area (Å²) in [7, 11) is 1.58. The third-order valence-electron chi connectivity index (χ3n) is 2.85. The highest BCUT2D eigenvalue weighted by atomic mass is 19.1. The molecule has 20 heavy (non-hydrogen) atoms. The Balaban J connectivity index is 2.33. The summed E-state index contributed by atoms with van der Waals surface area (Å²) < 4.78 is 24.4. The lowest BCUT2D eigenvalue weighted by Crippen LogP contribution is -2.18. The van der Waals surface area contributed by atoms with E-state index in [9.17, 15) is 4.39 Å². The summed E-state index contributed by atoms with van der Waals surface area (Å²) in [6.45, 7) is 1.87. The van der Waals surface area contributed by atoms with Crippen LogP contribution >= 0.6 is 0 Å². The summed E-state index contributed by atoms with van der Waals surface area (Å²) in [4.78, 5) is 0. The van der Waals surface area contributed by atoms with E-state index >= 15 is 0 Å². The molecule has 2 N–H and O–H groups in total. The first kappa shape index (κ1) is 14.3. The molecular formula is C16H18FNO2. The molecule has 0 fully saturated rings. The number of para-hydroxylation sites is 2. The molecule has 0 heterocycles. The Morgan fingerprint density at radius 3 is 2.45 bits per heavy atom. The number of benzene rings is 2. The van der Waals surface area contributed by atoms with Gasteiger partial charge in [-0.05, 0) is 49.2 Å². The van der Waals surface area contributed by atoms with Crippen molar-refractivity contribution in [3.05, 3.63) is 53.8 Å². The topological polar surface area (TPSA) is 44.5 Å². The first-order chi connectivity index (χ1) is 9.60. The highest BCUT2D eigenvalue weighted by Crippen LogP contribution is 2.33. The van der Waals surface area contributed by atoms with Crippen molar-refractivity contribution < 1.29 is 13.9 Å². The van der Waals surface area contributed by atoms with Gasteiger partial charge in [0.05, 0.1) is 7.11 Å². The summed E-state index contributed by atoms with van der Waals surface area (Å²) in [5.41, 5.74) is 6.53. The molecule has 0 spiro atoms. The van der Waals surface area contributed by atoms with Crippen molar-refractivity contribution in [3.8, 4) is 17.2 Å². The smallest absolute Gasteiger partial charge is 0.169 e. The van der Waals surface area contributed by atoms with E-state index in [2.05, 4.69) is 0 Å². The molecule has 1 unspecified atom stereocenters. The van der Waals surface area contributed by atoms with Crippen LogP contribution in [0.2, 0.25) is 0 Å². The summed E-state index contributed by atoms with van der Waals surface area (Å²) in [6.07, 6.45) is 0.544. The van der Waals surface area contributed by atoms with Gasteiger partial charge < -0.3 is 15.2 Å². The molecule has 106 valence electrons. The zero-order valence-corrected chi connectivity index (χ0v) is 11.6. The highest BCUT2D eigenvalue weighted by Gasteiger charge is 2.11. The van der Waals surface area contributed by atoms with Gasteiger partial charge in [-0.25, -0.2) is 4.39 Å². The quantitative estimate of drug-likeness (QED) is 0.908. The van der Waals surface area contributed by atoms with Crippen molar-refractivity contribution in [1.82, 2.24) is 0 Å². The first-order valence-corrected chi connectivity index (χ1v) is 6.45. The second-order valence-corrected chi connectivity index (χ2v) is 4.69. The van der Waals surface area contributed by atoms with Crippen molar-refractivity contribution >= 4 is 0 Å². The standard InChI is InChI=1S/C16H18FNO2/c1-11(18)9-12-10-13(17)7-8-14(12)20-16-6-4-3-5-15(16)19-2/h3-8,10-11H,9,18H2,1-2H3. The number of rotatable bonds is 5. The minimum absolute atomic E-state index is 0.0724. The van der Waals surface area contributed by atoms with Gasteiger partial charge in [-0.2, -0.15) is 0 Å². The molecule has 4 heteroatoms. The minimum Gasteiger partial charge on any atom is -0.493 e. The fourth-order valence-corrected chi connectivity index (χ4v) is 1.98. The van der Waals surface area contributed by atoms with Gasteiger partial charge in [0.1, 0.15) is 11.6 Å². The lowest BCUT2D eigenvalue weighted by molar-refractivity contribution is 0.377. The number of halogens is 1. The minimum atomic E-state index is -0.298. The van der Waals surface area contributed by atoms with E-state index in [1.807, 2.05) is 25.1 Å². The van der Waals surface area contributed by atoms with Crippen LogP contribution in [0.1, 0.15) is 12.5 Å². The monoisotopic (exact) mass is 275 g/mol. The summed E-state index contributed by atoms with van der Waals surface area (Å²) in [6, 6.07) is 11.7. The van der Waals surface area contributed by atoms with Gasteiger partial charge in [0.25, 0.3) is 0 Å². The Bertz CT molecular complexity index is 584. The van der Waals surface area contributed by atoms with Crippen molar-refractivity contribution in [1.29, 1.82) is 0 Å². The third-order valence-corrected chi connectivity index (χ3v) is 2.85. The van der Waals surface area contributed by atoms with Gasteiger partial charge in [0.15, 0.2) is 11.5 Å². The SMILES string of the molecule is COc1ccccc1Oc1ccc(F)cc1CC(C)N. The van der Waals surface area contributed by atoms with Crippen molar-refractivity contribution in [3.63, 3.8) is 0 Å². The molecular weight excluding hydrogens is 257 g/mol. The molecule has 0 amide bonds. The lowest BCUT2D eigenvalue weighted by Gasteiger charge is -2.14. The van der Waals surface area contributed by atoms with E-state index in [-0.39, 0.29) is 11.9 Å². The molecule has 0 aliphatic heterocycles. The molecule has 0 saturated carbocycles. The van der Waals surface area contributed by atoms with E-state index in [4.69, 9.17) is 15.2 Å². The maximum absolute atomic E-state index is 13.4. The fraction of sp³-hybridized carbons (Fsp3) is 0.250. The maximum atomic E-state index is 13.4. The number of ether oxygens (including phenoxy) is 2. The second kappa shape index (κ2) is 6.39. The van der Waals surface area contributed by atoms with Crippen LogP contribution in [0, 0.1) is 5.82 Å². The fourth-order valence-electron chi connectivity index (χ4n) is 1.98. The second-order valence-electron chi connectivity index (χ2n) is 4.69. The maximum Gasteiger partial charge on any atom is 0.169 e. The van der Waals surface area contributed by atoms with Crippen LogP contribution in [-0.2, 0) is 6.42 Å². The predicted octanol–water partition coefficient (Wildman–Crippen LogP) is 3.52. The summed E-state index contributed by atoms with van der Waals surface area (Å²) in [5.74, 6) is 1.51. The molecule has 0 aliphatic rings. The molecule has 2 aromatic carbocycles. The Kier molecular flexibility index (Phi) is 4.58. The Morgan fingerprint density at radius 1 is 1.10 bits per heavy atom. The molecule has 0 saturated heterocycles. The number of methoxy groups -OCH3 is 1. The molecule has 2 aromatic rings. The molecule has 2 rings (SSSR count). The average molecular weight is 275 g/mol. The van der Waals surface area contributed by atoms with Crippen LogP contribution < -0.4 is 15.2 Å². The molecule has 0 aliphatic carbocycles. The van der Waals surface area contributed by atoms with E-state index in [1.165, 1.54) is 12.1 Å². The summed E-state index contributed by atoms with van der Waals surface area (Å²) >= 11 is 0. The Hall–Kier alpha value is -2.07. The number of hydrogen-bond acceptors (Lipinski definition) is 3. The molecule has 1 atom stereocenters. The van der Waals surface area contributed by atoms with Crippen molar-refractivity contribution in [2.24, 2.45) is 5.73 Å². The van der Waals surface area contributed by atoms with Gasteiger partial charge in [-0.15, -0.1) is 0 Å². The van der Waals surface area contributed by atoms with Crippen molar-refractivity contribution in [2.75, 3.05) is 7.11 Å². The predicted molar refractivity (Wildman–Crippen MR) is 76.8 cm³/mol. The van der Waals surface area contributed by atoms with Crippen molar-refractivity contribution in [2.45, 2.75) is 19.4 Å². The van der Waals surface area contributed by atoms with Gasteiger partial charge >= 0.3 is 0 Å². The normalized spacial score (nSPS) is 12.0. The van der Waals surface area contributed by atoms with Crippen LogP contribution in [0.3, 0.4) is 0 Å². The Labute approximate surface area is 118 Å². The van der Waals surface area contributed by atoms with Crippen LogP contribution in [0.5, 0.6) is 17.2 Å². The first-order valence-electron chi connectivity index (χ1n) is 6.45. The van der Waals surface area contributed by atoms with Crippen LogP contribution in [0.15, 0.2) is 42.5 Å². The van der Waals surface area contributed by atoms with Crippen LogP contribution in [-0.4, -0.2) is 13.2 Å². The van der Waals surface area contributed by atoms with Gasteiger partial charge in [-0.3, -0.25) is 0 Å². The number of hydrogen-bond donors (Lipinski definition) is 1. The van der Waals surface area contributed by atoms with E-state index < -0.39 is 0 Å². The number of nitrogens with two attached hydrogens (primary N) is 1. The molecule has 0 radical (unpaired) electrons. The van der Waals surface area contributed by atoms with Crippen LogP contribution in [0.4, 0.5) is 4.39 Å². The molecule has 3 nitrogen and oxygen atoms in total. The zero-order valence-electron chi connectivity index (χ0n) is 11.6. The van der Waals surface area contributed by atoms with E-state index in [0.717, 1.165) is 5.56 Å². The average Bonchev–Trinajstić information content (AvgIpc) is 2.42. The van der Waals surface area contributed by atoms with E-state index in [1.54, 1.807) is 19.2 Å². The lowest BCUT2D eigenvalue weighted by atomic mass is 10.1. The van der Waals surface area contributed by atoms with Gasteiger partial charge in [-0.1, -0.05) is 12.1 Å². The molecule has 0 bridgehead atoms. The highest BCUT2D eigenvalue weighted by molar-refractivity contribution is 5.45. The van der Waals surface area contributed by atoms with Gasteiger partial charge in [0.2, 0.25) is 0 Å². The molecule has 0 aromatic heterocycles. The third kappa shape index (κ3) is 3.48. The van der Waals surface area contributed by atoms with Crippen LogP contribution in [0.25, 0.3) is 0 Å². The Morgan fingerprint density at radius 2 is 1.80 bits per heavy atom. The van der Waals surface area contributed by atoms with Gasteiger partial charge in [0, 0.05) is 6.04 Å². The zero-order chi connectivity index (χ0) is 14.5.